The van der Waals surface area contributed by atoms with Gasteiger partial charge in [-0.3, -0.25) is 4.79 Å². The van der Waals surface area contributed by atoms with Gasteiger partial charge in [0.25, 0.3) is 6.01 Å². The molecule has 4 rings (SSSR count). The summed E-state index contributed by atoms with van der Waals surface area (Å²) in [5.74, 6) is 1.24. The van der Waals surface area contributed by atoms with Crippen molar-refractivity contribution in [1.82, 2.24) is 10.3 Å². The summed E-state index contributed by atoms with van der Waals surface area (Å²) in [6.45, 7) is 5.79. The molecule has 3 aromatic rings. The molecule has 6 nitrogen and oxygen atoms in total. The number of aromatic nitrogens is 1. The Morgan fingerprint density at radius 2 is 1.83 bits per heavy atom. The number of hydrogen-bond acceptors (Lipinski definition) is 5. The van der Waals surface area contributed by atoms with Gasteiger partial charge in [0, 0.05) is 19.0 Å². The van der Waals surface area contributed by atoms with E-state index < -0.39 is 0 Å². The molecule has 1 unspecified atom stereocenters. The number of fused-ring (bicyclic) bond motifs is 1. The van der Waals surface area contributed by atoms with Gasteiger partial charge in [-0.2, -0.15) is 4.98 Å². The van der Waals surface area contributed by atoms with Crippen molar-refractivity contribution in [2.24, 2.45) is 11.8 Å². The van der Waals surface area contributed by atoms with E-state index in [2.05, 4.69) is 29.0 Å². The summed E-state index contributed by atoms with van der Waals surface area (Å²) in [7, 11) is 1.66. The lowest BCUT2D eigenvalue weighted by atomic mass is 9.92. The van der Waals surface area contributed by atoms with Gasteiger partial charge in [-0.15, -0.1) is 0 Å². The van der Waals surface area contributed by atoms with Gasteiger partial charge in [0.05, 0.1) is 13.2 Å². The van der Waals surface area contributed by atoms with Crippen LogP contribution >= 0.6 is 0 Å². The Balaban J connectivity index is 1.37. The van der Waals surface area contributed by atoms with E-state index in [0.717, 1.165) is 48.3 Å². The van der Waals surface area contributed by atoms with Crippen LogP contribution in [0.4, 0.5) is 6.01 Å². The van der Waals surface area contributed by atoms with Crippen molar-refractivity contribution in [3.8, 4) is 5.75 Å². The maximum absolute atomic E-state index is 13.0. The van der Waals surface area contributed by atoms with Crippen LogP contribution in [0.1, 0.15) is 38.3 Å². The molecular formula is C24H29N3O3. The number of oxazole rings is 1. The van der Waals surface area contributed by atoms with E-state index >= 15 is 0 Å². The van der Waals surface area contributed by atoms with Gasteiger partial charge in [-0.1, -0.05) is 38.1 Å². The minimum atomic E-state index is -0.0153. The number of benzene rings is 2. The Morgan fingerprint density at radius 3 is 2.47 bits per heavy atom. The molecule has 0 radical (unpaired) electrons. The summed E-state index contributed by atoms with van der Waals surface area (Å²) >= 11 is 0. The Kier molecular flexibility index (Phi) is 5.93. The Morgan fingerprint density at radius 1 is 1.13 bits per heavy atom. The largest absolute Gasteiger partial charge is 0.497 e. The van der Waals surface area contributed by atoms with Crippen LogP contribution < -0.4 is 15.0 Å². The first-order valence-corrected chi connectivity index (χ1v) is 10.6. The van der Waals surface area contributed by atoms with Gasteiger partial charge < -0.3 is 19.4 Å². The molecule has 1 amide bonds. The highest BCUT2D eigenvalue weighted by Crippen LogP contribution is 2.28. The predicted molar refractivity (Wildman–Crippen MR) is 118 cm³/mol. The van der Waals surface area contributed by atoms with Crippen LogP contribution in [-0.2, 0) is 4.79 Å². The number of piperidine rings is 1. The second kappa shape index (κ2) is 8.78. The lowest BCUT2D eigenvalue weighted by Crippen LogP contribution is -2.42. The zero-order valence-corrected chi connectivity index (χ0v) is 17.8. The summed E-state index contributed by atoms with van der Waals surface area (Å²) in [5, 5.41) is 3.28. The van der Waals surface area contributed by atoms with Crippen LogP contribution in [0.2, 0.25) is 0 Å². The van der Waals surface area contributed by atoms with Crippen LogP contribution in [0.25, 0.3) is 11.1 Å². The first kappa shape index (κ1) is 20.3. The fourth-order valence-electron chi connectivity index (χ4n) is 4.05. The van der Waals surface area contributed by atoms with Crippen molar-refractivity contribution in [3.05, 3.63) is 54.1 Å². The van der Waals surface area contributed by atoms with Crippen molar-refractivity contribution in [3.63, 3.8) is 0 Å². The topological polar surface area (TPSA) is 67.6 Å². The monoisotopic (exact) mass is 407 g/mol. The lowest BCUT2D eigenvalue weighted by Gasteiger charge is -2.32. The van der Waals surface area contributed by atoms with E-state index in [-0.39, 0.29) is 17.9 Å². The molecule has 0 spiro atoms. The van der Waals surface area contributed by atoms with E-state index in [4.69, 9.17) is 9.15 Å². The van der Waals surface area contributed by atoms with E-state index in [1.165, 1.54) is 0 Å². The van der Waals surface area contributed by atoms with E-state index in [0.29, 0.717) is 11.9 Å². The quantitative estimate of drug-likeness (QED) is 0.648. The number of nitrogens with one attached hydrogen (secondary N) is 1. The normalized spacial score (nSPS) is 16.1. The molecule has 30 heavy (non-hydrogen) atoms. The van der Waals surface area contributed by atoms with Crippen molar-refractivity contribution < 1.29 is 13.9 Å². The number of hydrogen-bond donors (Lipinski definition) is 1. The number of methoxy groups -OCH3 is 1. The number of carbonyl (C=O) groups excluding carboxylic acids is 1. The number of ether oxygens (including phenoxy) is 1. The molecule has 1 saturated heterocycles. The molecule has 0 saturated carbocycles. The molecular weight excluding hydrogens is 378 g/mol. The fourth-order valence-corrected chi connectivity index (χ4v) is 4.05. The number of amides is 1. The summed E-state index contributed by atoms with van der Waals surface area (Å²) in [6, 6.07) is 16.4. The molecule has 0 bridgehead atoms. The highest BCUT2D eigenvalue weighted by Gasteiger charge is 2.29. The summed E-state index contributed by atoms with van der Waals surface area (Å²) < 4.78 is 11.1. The Bertz CT molecular complexity index is 955. The third-order valence-electron chi connectivity index (χ3n) is 5.86. The van der Waals surface area contributed by atoms with E-state index in [1.807, 2.05) is 48.5 Å². The van der Waals surface area contributed by atoms with Gasteiger partial charge in [-0.25, -0.2) is 0 Å². The van der Waals surface area contributed by atoms with E-state index in [1.54, 1.807) is 7.11 Å². The average molecular weight is 408 g/mol. The minimum Gasteiger partial charge on any atom is -0.497 e. The second-order valence-electron chi connectivity index (χ2n) is 8.23. The average Bonchev–Trinajstić information content (AvgIpc) is 3.21. The minimum absolute atomic E-state index is 0.00475. The van der Waals surface area contributed by atoms with Crippen LogP contribution in [0.5, 0.6) is 5.75 Å². The summed E-state index contributed by atoms with van der Waals surface area (Å²) in [5.41, 5.74) is 2.77. The first-order valence-electron chi connectivity index (χ1n) is 10.6. The number of rotatable bonds is 6. The molecule has 158 valence electrons. The maximum Gasteiger partial charge on any atom is 0.298 e. The summed E-state index contributed by atoms with van der Waals surface area (Å²) in [6.07, 6.45) is 1.58. The van der Waals surface area contributed by atoms with Crippen molar-refractivity contribution in [1.29, 1.82) is 0 Å². The van der Waals surface area contributed by atoms with Crippen molar-refractivity contribution in [2.75, 3.05) is 25.1 Å². The van der Waals surface area contributed by atoms with Crippen LogP contribution in [0.3, 0.4) is 0 Å². The molecule has 1 aliphatic heterocycles. The number of carbonyl (C=O) groups is 1. The Labute approximate surface area is 177 Å². The molecule has 1 N–H and O–H groups in total. The molecule has 1 aliphatic rings. The molecule has 1 atom stereocenters. The molecule has 2 heterocycles. The molecule has 6 heteroatoms. The fraction of sp³-hybridized carbons (Fsp3) is 0.417. The van der Waals surface area contributed by atoms with Gasteiger partial charge in [0.1, 0.15) is 11.3 Å². The van der Waals surface area contributed by atoms with Gasteiger partial charge in [0.2, 0.25) is 5.91 Å². The number of nitrogens with zero attached hydrogens (tertiary/aromatic N) is 2. The third kappa shape index (κ3) is 4.27. The van der Waals surface area contributed by atoms with Gasteiger partial charge in [-0.05, 0) is 48.6 Å². The number of para-hydroxylation sites is 2. The van der Waals surface area contributed by atoms with Gasteiger partial charge in [0.15, 0.2) is 5.58 Å². The highest BCUT2D eigenvalue weighted by atomic mass is 16.5. The zero-order chi connectivity index (χ0) is 21.1. The smallest absolute Gasteiger partial charge is 0.298 e. The molecule has 1 aromatic heterocycles. The van der Waals surface area contributed by atoms with Crippen LogP contribution in [-0.4, -0.2) is 31.1 Å². The molecule has 2 aromatic carbocycles. The third-order valence-corrected chi connectivity index (χ3v) is 5.86. The standard InChI is InChI=1S/C24H29N3O3/c1-16(2)22(17-8-10-19(29-3)11-9-17)26-23(28)18-12-14-27(15-13-18)24-25-20-6-4-5-7-21(20)30-24/h4-11,16,18,22H,12-15H2,1-3H3,(H,26,28). The Hall–Kier alpha value is -3.02. The SMILES string of the molecule is COc1ccc(C(NC(=O)C2CCN(c3nc4ccccc4o3)CC2)C(C)C)cc1. The highest BCUT2D eigenvalue weighted by molar-refractivity contribution is 5.79. The second-order valence-corrected chi connectivity index (χ2v) is 8.23. The predicted octanol–water partition coefficient (Wildman–Crippen LogP) is 4.57. The maximum atomic E-state index is 13.0. The van der Waals surface area contributed by atoms with Crippen molar-refractivity contribution >= 4 is 23.0 Å². The van der Waals surface area contributed by atoms with Crippen LogP contribution in [0, 0.1) is 11.8 Å². The van der Waals surface area contributed by atoms with Gasteiger partial charge >= 0.3 is 0 Å². The molecule has 1 fully saturated rings. The van der Waals surface area contributed by atoms with Crippen LogP contribution in [0.15, 0.2) is 52.9 Å². The first-order chi connectivity index (χ1) is 14.5. The lowest BCUT2D eigenvalue weighted by molar-refractivity contribution is -0.126. The molecule has 0 aliphatic carbocycles. The van der Waals surface area contributed by atoms with E-state index in [9.17, 15) is 4.79 Å². The number of anilines is 1. The van der Waals surface area contributed by atoms with Crippen molar-refractivity contribution in [2.45, 2.75) is 32.7 Å². The summed E-state index contributed by atoms with van der Waals surface area (Å²) in [4.78, 5) is 19.7. The zero-order valence-electron chi connectivity index (χ0n) is 17.8.